The second-order valence-electron chi connectivity index (χ2n) is 6.54. The van der Waals surface area contributed by atoms with E-state index in [2.05, 4.69) is 15.3 Å². The second-order valence-corrected chi connectivity index (χ2v) is 8.10. The Labute approximate surface area is 169 Å². The van der Waals surface area contributed by atoms with Gasteiger partial charge in [-0.25, -0.2) is 23.5 Å². The number of aryl methyl sites for hydroxylation is 1. The van der Waals surface area contributed by atoms with E-state index in [1.165, 1.54) is 18.3 Å². The molecule has 9 heteroatoms. The van der Waals surface area contributed by atoms with Gasteiger partial charge in [-0.2, -0.15) is 0 Å². The lowest BCUT2D eigenvalue weighted by atomic mass is 10.1. The van der Waals surface area contributed by atoms with Crippen LogP contribution in [0.2, 0.25) is 0 Å². The molecule has 0 radical (unpaired) electrons. The average molecular weight is 414 g/mol. The monoisotopic (exact) mass is 413 g/mol. The van der Waals surface area contributed by atoms with Crippen molar-refractivity contribution in [3.63, 3.8) is 0 Å². The summed E-state index contributed by atoms with van der Waals surface area (Å²) in [6.07, 6.45) is 1.52. The van der Waals surface area contributed by atoms with Crippen LogP contribution in [0, 0.1) is 6.92 Å². The molecule has 0 aliphatic heterocycles. The lowest BCUT2D eigenvalue weighted by molar-refractivity contribution is 0.0773. The Morgan fingerprint density at radius 1 is 1.10 bits per heavy atom. The molecule has 3 N–H and O–H groups in total. The van der Waals surface area contributed by atoms with Crippen molar-refractivity contribution in [3.8, 4) is 0 Å². The first-order chi connectivity index (χ1) is 13.7. The molecule has 0 unspecified atom stereocenters. The molecule has 8 nitrogen and oxygen atoms in total. The molecule has 3 rings (SSSR count). The van der Waals surface area contributed by atoms with Crippen LogP contribution < -0.4 is 10.5 Å². The van der Waals surface area contributed by atoms with Gasteiger partial charge in [0.2, 0.25) is 10.0 Å². The highest BCUT2D eigenvalue weighted by Gasteiger charge is 2.20. The van der Waals surface area contributed by atoms with Gasteiger partial charge in [-0.15, -0.1) is 0 Å². The van der Waals surface area contributed by atoms with Gasteiger partial charge in [0.25, 0.3) is 5.91 Å². The van der Waals surface area contributed by atoms with Gasteiger partial charge in [0.05, 0.1) is 16.1 Å². The third-order valence-electron chi connectivity index (χ3n) is 4.60. The van der Waals surface area contributed by atoms with Crippen LogP contribution in [0.3, 0.4) is 0 Å². The first-order valence-electron chi connectivity index (χ1n) is 9.20. The van der Waals surface area contributed by atoms with E-state index in [-0.39, 0.29) is 10.8 Å². The highest BCUT2D eigenvalue weighted by molar-refractivity contribution is 7.89. The third kappa shape index (κ3) is 4.36. The molecule has 0 saturated heterocycles. The molecule has 1 amide bonds. The van der Waals surface area contributed by atoms with Crippen molar-refractivity contribution in [1.82, 2.24) is 14.9 Å². The molecule has 0 atom stereocenters. The predicted octanol–water partition coefficient (Wildman–Crippen LogP) is 2.81. The molecular formula is C20H23N5O3S. The van der Waals surface area contributed by atoms with Crippen molar-refractivity contribution in [2.75, 3.05) is 18.4 Å². The summed E-state index contributed by atoms with van der Waals surface area (Å²) in [6.45, 7) is 6.85. The number of fused-ring (bicyclic) bond motifs is 1. The molecule has 3 aromatic rings. The van der Waals surface area contributed by atoms with Crippen LogP contribution in [-0.2, 0) is 10.0 Å². The van der Waals surface area contributed by atoms with E-state index in [1.54, 1.807) is 17.0 Å². The molecule has 0 aliphatic rings. The molecule has 0 fully saturated rings. The summed E-state index contributed by atoms with van der Waals surface area (Å²) >= 11 is 0. The minimum Gasteiger partial charge on any atom is -0.354 e. The quantitative estimate of drug-likeness (QED) is 0.641. The van der Waals surface area contributed by atoms with Crippen molar-refractivity contribution >= 4 is 38.3 Å². The maximum Gasteiger partial charge on any atom is 0.257 e. The van der Waals surface area contributed by atoms with Crippen LogP contribution in [0.5, 0.6) is 0 Å². The number of pyridine rings is 2. The van der Waals surface area contributed by atoms with Gasteiger partial charge in [-0.05, 0) is 57.2 Å². The lowest BCUT2D eigenvalue weighted by Gasteiger charge is -2.21. The molecule has 152 valence electrons. The fourth-order valence-corrected chi connectivity index (χ4v) is 3.54. The zero-order chi connectivity index (χ0) is 21.2. The summed E-state index contributed by atoms with van der Waals surface area (Å²) in [5, 5.41) is 9.09. The topological polar surface area (TPSA) is 118 Å². The van der Waals surface area contributed by atoms with Crippen LogP contribution in [0.15, 0.2) is 47.5 Å². The van der Waals surface area contributed by atoms with Crippen LogP contribution in [0.1, 0.15) is 29.9 Å². The predicted molar refractivity (Wildman–Crippen MR) is 113 cm³/mol. The number of carbonyl (C=O) groups excluding carboxylic acids is 1. The number of rotatable bonds is 6. The Morgan fingerprint density at radius 3 is 2.34 bits per heavy atom. The first kappa shape index (κ1) is 20.7. The van der Waals surface area contributed by atoms with E-state index < -0.39 is 10.0 Å². The van der Waals surface area contributed by atoms with E-state index in [9.17, 15) is 13.2 Å². The Kier molecular flexibility index (Phi) is 5.81. The molecule has 0 bridgehead atoms. The van der Waals surface area contributed by atoms with Crippen LogP contribution in [-0.4, -0.2) is 42.3 Å². The largest absolute Gasteiger partial charge is 0.354 e. The number of sulfonamides is 1. The summed E-state index contributed by atoms with van der Waals surface area (Å²) in [7, 11) is -3.78. The van der Waals surface area contributed by atoms with Gasteiger partial charge >= 0.3 is 0 Å². The molecule has 0 saturated carbocycles. The molecule has 0 spiro atoms. The molecule has 0 aliphatic carbocycles. The second kappa shape index (κ2) is 8.14. The Bertz CT molecular complexity index is 1160. The fraction of sp³-hybridized carbons (Fsp3) is 0.250. The van der Waals surface area contributed by atoms with E-state index in [0.717, 1.165) is 5.69 Å². The number of benzene rings is 1. The molecule has 2 heterocycles. The number of amides is 1. The number of hydrogen-bond acceptors (Lipinski definition) is 6. The minimum absolute atomic E-state index is 0.0133. The summed E-state index contributed by atoms with van der Waals surface area (Å²) in [4.78, 5) is 23.6. The van der Waals surface area contributed by atoms with Gasteiger partial charge in [0, 0.05) is 36.1 Å². The Morgan fingerprint density at radius 2 is 1.76 bits per heavy atom. The van der Waals surface area contributed by atoms with Gasteiger partial charge in [0.15, 0.2) is 5.65 Å². The number of carbonyl (C=O) groups is 1. The number of nitrogens with zero attached hydrogens (tertiary/aromatic N) is 3. The normalized spacial score (nSPS) is 11.4. The summed E-state index contributed by atoms with van der Waals surface area (Å²) in [6, 6.07) is 9.74. The van der Waals surface area contributed by atoms with Crippen molar-refractivity contribution in [2.45, 2.75) is 25.7 Å². The van der Waals surface area contributed by atoms with Crippen LogP contribution >= 0.6 is 0 Å². The molecule has 1 aromatic carbocycles. The molecule has 29 heavy (non-hydrogen) atoms. The van der Waals surface area contributed by atoms with Crippen LogP contribution in [0.4, 0.5) is 11.4 Å². The molecular weight excluding hydrogens is 390 g/mol. The SMILES string of the molecule is CCN(CC)C(=O)c1cnc2nc(C)ccc2c1Nc1ccc(S(N)(=O)=O)cc1. The van der Waals surface area contributed by atoms with Crippen molar-refractivity contribution in [3.05, 3.63) is 53.9 Å². The smallest absolute Gasteiger partial charge is 0.257 e. The maximum atomic E-state index is 13.0. The summed E-state index contributed by atoms with van der Waals surface area (Å²) in [5.74, 6) is -0.145. The van der Waals surface area contributed by atoms with Crippen LogP contribution in [0.25, 0.3) is 11.0 Å². The summed E-state index contributed by atoms with van der Waals surface area (Å²) < 4.78 is 23.0. The highest BCUT2D eigenvalue weighted by atomic mass is 32.2. The fourth-order valence-electron chi connectivity index (χ4n) is 3.02. The minimum atomic E-state index is -3.78. The van der Waals surface area contributed by atoms with E-state index in [0.29, 0.717) is 41.1 Å². The zero-order valence-corrected chi connectivity index (χ0v) is 17.3. The third-order valence-corrected chi connectivity index (χ3v) is 5.53. The highest BCUT2D eigenvalue weighted by Crippen LogP contribution is 2.30. The van der Waals surface area contributed by atoms with Crippen molar-refractivity contribution in [2.24, 2.45) is 5.14 Å². The van der Waals surface area contributed by atoms with Gasteiger partial charge < -0.3 is 10.2 Å². The van der Waals surface area contributed by atoms with E-state index in [4.69, 9.17) is 5.14 Å². The van der Waals surface area contributed by atoms with Crippen molar-refractivity contribution < 1.29 is 13.2 Å². The van der Waals surface area contributed by atoms with Gasteiger partial charge in [-0.1, -0.05) is 0 Å². The number of primary sulfonamides is 1. The number of nitrogens with one attached hydrogen (secondary N) is 1. The zero-order valence-electron chi connectivity index (χ0n) is 16.5. The maximum absolute atomic E-state index is 13.0. The number of aromatic nitrogens is 2. The Hall–Kier alpha value is -3.04. The molecule has 2 aromatic heterocycles. The van der Waals surface area contributed by atoms with E-state index >= 15 is 0 Å². The van der Waals surface area contributed by atoms with Gasteiger partial charge in [0.1, 0.15) is 0 Å². The number of hydrogen-bond donors (Lipinski definition) is 2. The average Bonchev–Trinajstić information content (AvgIpc) is 2.68. The summed E-state index contributed by atoms with van der Waals surface area (Å²) in [5.41, 5.74) is 2.94. The number of anilines is 2. The number of nitrogens with two attached hydrogens (primary N) is 1. The lowest BCUT2D eigenvalue weighted by Crippen LogP contribution is -2.31. The van der Waals surface area contributed by atoms with Gasteiger partial charge in [-0.3, -0.25) is 4.79 Å². The first-order valence-corrected chi connectivity index (χ1v) is 10.7. The Balaban J connectivity index is 2.12. The van der Waals surface area contributed by atoms with E-state index in [1.807, 2.05) is 32.9 Å². The standard InChI is InChI=1S/C20H23N5O3S/c1-4-25(5-2)20(26)17-12-22-19-16(11-6-13(3)23-19)18(17)24-14-7-9-15(10-8-14)29(21,27)28/h6-12H,4-5H2,1-3H3,(H2,21,27,28)(H,22,23,24). The van der Waals surface area contributed by atoms with Crippen molar-refractivity contribution in [1.29, 1.82) is 0 Å².